The summed E-state index contributed by atoms with van der Waals surface area (Å²) in [4.78, 5) is 15.7. The molecule has 0 saturated carbocycles. The first kappa shape index (κ1) is 21.0. The molecule has 33 heavy (non-hydrogen) atoms. The largest absolute Gasteiger partial charge is 0.449 e. The molecule has 1 N–H and O–H groups in total. The third-order valence-electron chi connectivity index (χ3n) is 5.83. The molecule has 0 bridgehead atoms. The summed E-state index contributed by atoms with van der Waals surface area (Å²) < 4.78 is 7.64. The number of anilines is 1. The van der Waals surface area contributed by atoms with Crippen LogP contribution in [0.4, 0.5) is 5.69 Å². The van der Waals surface area contributed by atoms with Gasteiger partial charge in [0.15, 0.2) is 0 Å². The Labute approximate surface area is 193 Å². The van der Waals surface area contributed by atoms with Crippen LogP contribution < -0.4 is 20.5 Å². The summed E-state index contributed by atoms with van der Waals surface area (Å²) in [6, 6.07) is 25.7. The van der Waals surface area contributed by atoms with Gasteiger partial charge < -0.3 is 15.0 Å². The minimum atomic E-state index is -0.276. The number of aryl methyl sites for hydroxylation is 1. The Morgan fingerprint density at radius 3 is 2.21 bits per heavy atom. The summed E-state index contributed by atoms with van der Waals surface area (Å²) >= 11 is 0. The molecule has 1 saturated heterocycles. The van der Waals surface area contributed by atoms with Gasteiger partial charge in [-0.1, -0.05) is 60.2 Å². The van der Waals surface area contributed by atoms with E-state index in [2.05, 4.69) is 27.4 Å². The number of hydrogen-bond donors (Lipinski definition) is 1. The highest BCUT2D eigenvalue weighted by atomic mass is 16.5. The average Bonchev–Trinajstić information content (AvgIpc) is 2.87. The van der Waals surface area contributed by atoms with Crippen molar-refractivity contribution in [1.82, 2.24) is 15.1 Å². The van der Waals surface area contributed by atoms with Gasteiger partial charge >= 0.3 is 5.56 Å². The van der Waals surface area contributed by atoms with Crippen LogP contribution >= 0.6 is 0 Å². The molecule has 1 aliphatic rings. The lowest BCUT2D eigenvalue weighted by Gasteiger charge is -2.30. The van der Waals surface area contributed by atoms with E-state index in [1.807, 2.05) is 73.7 Å². The van der Waals surface area contributed by atoms with Crippen molar-refractivity contribution in [3.05, 3.63) is 101 Å². The van der Waals surface area contributed by atoms with Gasteiger partial charge in [0.25, 0.3) is 0 Å². The van der Waals surface area contributed by atoms with Gasteiger partial charge in [0.05, 0.1) is 11.9 Å². The molecule has 6 nitrogen and oxygen atoms in total. The highest BCUT2D eigenvalue weighted by Crippen LogP contribution is 2.30. The van der Waals surface area contributed by atoms with Gasteiger partial charge in [-0.05, 0) is 42.3 Å². The second-order valence-corrected chi connectivity index (χ2v) is 8.14. The van der Waals surface area contributed by atoms with Gasteiger partial charge in [-0.2, -0.15) is 9.78 Å². The molecule has 0 amide bonds. The van der Waals surface area contributed by atoms with Gasteiger partial charge in [-0.15, -0.1) is 0 Å². The lowest BCUT2D eigenvalue weighted by atomic mass is 10.1. The second kappa shape index (κ2) is 9.30. The van der Waals surface area contributed by atoms with Crippen molar-refractivity contribution in [3.63, 3.8) is 0 Å². The van der Waals surface area contributed by atoms with Crippen LogP contribution in [0.1, 0.15) is 5.56 Å². The van der Waals surface area contributed by atoms with E-state index in [1.165, 1.54) is 4.68 Å². The van der Waals surface area contributed by atoms with Gasteiger partial charge in [-0.25, -0.2) is 0 Å². The van der Waals surface area contributed by atoms with Gasteiger partial charge in [0.1, 0.15) is 11.4 Å². The van der Waals surface area contributed by atoms with Crippen molar-refractivity contribution in [1.29, 1.82) is 0 Å². The SMILES string of the molecule is Cc1ccc(-n2ncc(N3CCNCC3)c(Oc3ccc(-c4ccccc4)cc3)c2=O)cc1. The molecule has 0 aliphatic carbocycles. The van der Waals surface area contributed by atoms with Crippen LogP contribution in [0, 0.1) is 6.92 Å². The number of hydrogen-bond acceptors (Lipinski definition) is 5. The smallest absolute Gasteiger partial charge is 0.316 e. The molecule has 0 spiro atoms. The fraction of sp³-hybridized carbons (Fsp3) is 0.185. The van der Waals surface area contributed by atoms with Crippen molar-refractivity contribution < 1.29 is 4.74 Å². The Kier molecular flexibility index (Phi) is 5.91. The van der Waals surface area contributed by atoms with Crippen LogP contribution in [0.15, 0.2) is 89.9 Å². The molecule has 4 aromatic rings. The Balaban J connectivity index is 1.53. The second-order valence-electron chi connectivity index (χ2n) is 8.14. The number of aromatic nitrogens is 2. The lowest BCUT2D eigenvalue weighted by molar-refractivity contribution is 0.463. The first-order valence-corrected chi connectivity index (χ1v) is 11.2. The van der Waals surface area contributed by atoms with Gasteiger partial charge in [0, 0.05) is 26.2 Å². The van der Waals surface area contributed by atoms with E-state index in [4.69, 9.17) is 4.74 Å². The highest BCUT2D eigenvalue weighted by Gasteiger charge is 2.21. The maximum atomic E-state index is 13.5. The minimum Gasteiger partial charge on any atom is -0.449 e. The zero-order chi connectivity index (χ0) is 22.6. The first-order chi connectivity index (χ1) is 16.2. The van der Waals surface area contributed by atoms with Crippen molar-refractivity contribution in [3.8, 4) is 28.3 Å². The van der Waals surface area contributed by atoms with Gasteiger partial charge in [0.2, 0.25) is 5.75 Å². The predicted octanol–water partition coefficient (Wildman–Crippen LogP) is 4.41. The molecule has 5 rings (SSSR count). The fourth-order valence-corrected chi connectivity index (χ4v) is 3.99. The van der Waals surface area contributed by atoms with Crippen molar-refractivity contribution in [2.24, 2.45) is 0 Å². The van der Waals surface area contributed by atoms with E-state index >= 15 is 0 Å². The Morgan fingerprint density at radius 2 is 1.52 bits per heavy atom. The number of nitrogens with zero attached hydrogens (tertiary/aromatic N) is 3. The number of rotatable bonds is 5. The molecule has 1 aromatic heterocycles. The zero-order valence-electron chi connectivity index (χ0n) is 18.6. The normalized spacial score (nSPS) is 13.7. The number of ether oxygens (including phenoxy) is 1. The van der Waals surface area contributed by atoms with Crippen LogP contribution in [0.2, 0.25) is 0 Å². The maximum absolute atomic E-state index is 13.5. The predicted molar refractivity (Wildman–Crippen MR) is 132 cm³/mol. The van der Waals surface area contributed by atoms with Gasteiger partial charge in [-0.3, -0.25) is 4.79 Å². The number of nitrogens with one attached hydrogen (secondary N) is 1. The molecule has 0 radical (unpaired) electrons. The molecular weight excluding hydrogens is 412 g/mol. The van der Waals surface area contributed by atoms with Crippen LogP contribution in [0.5, 0.6) is 11.5 Å². The summed E-state index contributed by atoms with van der Waals surface area (Å²) in [5.74, 6) is 0.907. The summed E-state index contributed by atoms with van der Waals surface area (Å²) in [7, 11) is 0. The fourth-order valence-electron chi connectivity index (χ4n) is 3.99. The van der Waals surface area contributed by atoms with Crippen LogP contribution in [0.25, 0.3) is 16.8 Å². The van der Waals surface area contributed by atoms with E-state index in [-0.39, 0.29) is 5.56 Å². The molecule has 0 unspecified atom stereocenters. The van der Waals surface area contributed by atoms with E-state index in [0.717, 1.165) is 48.6 Å². The summed E-state index contributed by atoms with van der Waals surface area (Å²) in [6.07, 6.45) is 1.74. The lowest BCUT2D eigenvalue weighted by Crippen LogP contribution is -2.44. The van der Waals surface area contributed by atoms with Crippen LogP contribution in [0.3, 0.4) is 0 Å². The standard InChI is InChI=1S/C27H26N4O2/c1-20-7-11-23(12-8-20)31-27(32)26(25(19-29-31)30-17-15-28-16-18-30)33-24-13-9-22(10-14-24)21-5-3-2-4-6-21/h2-14,19,28H,15-18H2,1H3. The molecule has 2 heterocycles. The highest BCUT2D eigenvalue weighted by molar-refractivity contribution is 5.64. The topological polar surface area (TPSA) is 59.4 Å². The van der Waals surface area contributed by atoms with Crippen molar-refractivity contribution in [2.45, 2.75) is 6.92 Å². The van der Waals surface area contributed by atoms with E-state index < -0.39 is 0 Å². The van der Waals surface area contributed by atoms with E-state index in [1.54, 1.807) is 6.20 Å². The van der Waals surface area contributed by atoms with E-state index in [0.29, 0.717) is 17.2 Å². The molecule has 1 aliphatic heterocycles. The molecular formula is C27H26N4O2. The molecule has 166 valence electrons. The third-order valence-corrected chi connectivity index (χ3v) is 5.83. The quantitative estimate of drug-likeness (QED) is 0.500. The minimum absolute atomic E-state index is 0.276. The Bertz CT molecular complexity index is 1280. The molecule has 3 aromatic carbocycles. The van der Waals surface area contributed by atoms with Crippen molar-refractivity contribution >= 4 is 5.69 Å². The molecule has 1 fully saturated rings. The molecule has 6 heteroatoms. The van der Waals surface area contributed by atoms with Crippen molar-refractivity contribution in [2.75, 3.05) is 31.1 Å². The summed E-state index contributed by atoms with van der Waals surface area (Å²) in [5, 5.41) is 7.82. The number of benzene rings is 3. The zero-order valence-corrected chi connectivity index (χ0v) is 18.6. The van der Waals surface area contributed by atoms with E-state index in [9.17, 15) is 4.79 Å². The maximum Gasteiger partial charge on any atom is 0.316 e. The molecule has 0 atom stereocenters. The van der Waals surface area contributed by atoms with Crippen LogP contribution in [-0.4, -0.2) is 36.0 Å². The summed E-state index contributed by atoms with van der Waals surface area (Å²) in [5.41, 5.74) is 4.51. The Hall–Kier alpha value is -3.90. The first-order valence-electron chi connectivity index (χ1n) is 11.2. The summed E-state index contributed by atoms with van der Waals surface area (Å²) in [6.45, 7) is 5.30. The monoisotopic (exact) mass is 438 g/mol. The third kappa shape index (κ3) is 4.52. The number of piperazine rings is 1. The average molecular weight is 439 g/mol. The Morgan fingerprint density at radius 1 is 0.848 bits per heavy atom. The van der Waals surface area contributed by atoms with Crippen LogP contribution in [-0.2, 0) is 0 Å².